The third kappa shape index (κ3) is 4.30. The Morgan fingerprint density at radius 1 is 1.05 bits per heavy atom. The molecule has 0 fully saturated rings. The second kappa shape index (κ2) is 7.07. The summed E-state index contributed by atoms with van der Waals surface area (Å²) < 4.78 is 6.72. The van der Waals surface area contributed by atoms with Crippen molar-refractivity contribution < 1.29 is 4.74 Å². The summed E-state index contributed by atoms with van der Waals surface area (Å²) in [6.07, 6.45) is 0.173. The van der Waals surface area contributed by atoms with Crippen LogP contribution in [0.3, 0.4) is 0 Å². The van der Waals surface area contributed by atoms with Crippen molar-refractivity contribution in [3.63, 3.8) is 0 Å². The molecule has 0 heterocycles. The lowest BCUT2D eigenvalue weighted by Gasteiger charge is -2.19. The molecule has 0 aliphatic carbocycles. The highest BCUT2D eigenvalue weighted by molar-refractivity contribution is 9.10. The largest absolute Gasteiger partial charge is 0.491 e. The van der Waals surface area contributed by atoms with E-state index in [2.05, 4.69) is 46.5 Å². The molecule has 0 radical (unpaired) electrons. The lowest BCUT2D eigenvalue weighted by Crippen LogP contribution is -2.28. The van der Waals surface area contributed by atoms with Gasteiger partial charge in [-0.3, -0.25) is 5.84 Å². The summed E-state index contributed by atoms with van der Waals surface area (Å²) in [5, 5.41) is 0. The summed E-state index contributed by atoms with van der Waals surface area (Å²) in [5.74, 6) is 6.63. The first-order valence-corrected chi connectivity index (χ1v) is 7.78. The Hall–Kier alpha value is -1.36. The van der Waals surface area contributed by atoms with Gasteiger partial charge < -0.3 is 4.74 Å². The molecule has 4 heteroatoms. The SMILES string of the molecule is Cc1cc(Br)cc(C(NN)c2ccc(OC(C)C)cc2)c1. The van der Waals surface area contributed by atoms with Crippen molar-refractivity contribution in [2.75, 3.05) is 0 Å². The van der Waals surface area contributed by atoms with E-state index < -0.39 is 0 Å². The predicted molar refractivity (Wildman–Crippen MR) is 90.3 cm³/mol. The van der Waals surface area contributed by atoms with Gasteiger partial charge in [-0.05, 0) is 61.7 Å². The number of ether oxygens (including phenoxy) is 1. The van der Waals surface area contributed by atoms with Crippen LogP contribution in [0.2, 0.25) is 0 Å². The van der Waals surface area contributed by atoms with Crippen LogP contribution in [-0.2, 0) is 0 Å². The van der Waals surface area contributed by atoms with Crippen molar-refractivity contribution in [2.45, 2.75) is 32.9 Å². The highest BCUT2D eigenvalue weighted by atomic mass is 79.9. The highest BCUT2D eigenvalue weighted by Crippen LogP contribution is 2.27. The molecule has 2 aromatic carbocycles. The molecule has 0 aromatic heterocycles. The van der Waals surface area contributed by atoms with Gasteiger partial charge in [-0.1, -0.05) is 34.1 Å². The lowest BCUT2D eigenvalue weighted by molar-refractivity contribution is 0.242. The van der Waals surface area contributed by atoms with Crippen LogP contribution >= 0.6 is 15.9 Å². The first-order chi connectivity index (χ1) is 9.99. The Balaban J connectivity index is 2.28. The molecule has 2 aromatic rings. The van der Waals surface area contributed by atoms with Crippen molar-refractivity contribution in [1.29, 1.82) is 0 Å². The highest BCUT2D eigenvalue weighted by Gasteiger charge is 2.13. The van der Waals surface area contributed by atoms with Crippen LogP contribution < -0.4 is 16.0 Å². The molecule has 3 N–H and O–H groups in total. The molecule has 112 valence electrons. The van der Waals surface area contributed by atoms with Crippen LogP contribution in [0.1, 0.15) is 36.6 Å². The van der Waals surface area contributed by atoms with Gasteiger partial charge in [0.05, 0.1) is 12.1 Å². The summed E-state index contributed by atoms with van der Waals surface area (Å²) in [5.41, 5.74) is 6.31. The van der Waals surface area contributed by atoms with Crippen molar-refractivity contribution in [1.82, 2.24) is 5.43 Å². The van der Waals surface area contributed by atoms with Crippen LogP contribution in [0.4, 0.5) is 0 Å². The van der Waals surface area contributed by atoms with E-state index in [9.17, 15) is 0 Å². The first-order valence-electron chi connectivity index (χ1n) is 6.99. The number of nitrogens with one attached hydrogen (secondary N) is 1. The molecule has 0 spiro atoms. The molecule has 0 amide bonds. The molecular weight excluding hydrogens is 328 g/mol. The molecule has 3 nitrogen and oxygen atoms in total. The maximum absolute atomic E-state index is 5.76. The van der Waals surface area contributed by atoms with E-state index in [1.54, 1.807) is 0 Å². The topological polar surface area (TPSA) is 47.3 Å². The number of nitrogens with two attached hydrogens (primary N) is 1. The van der Waals surface area contributed by atoms with Gasteiger partial charge in [0.2, 0.25) is 0 Å². The molecule has 1 atom stereocenters. The number of hydrogen-bond acceptors (Lipinski definition) is 3. The normalized spacial score (nSPS) is 12.5. The monoisotopic (exact) mass is 348 g/mol. The summed E-state index contributed by atoms with van der Waals surface area (Å²) >= 11 is 3.53. The van der Waals surface area contributed by atoms with Gasteiger partial charge in [-0.15, -0.1) is 0 Å². The zero-order chi connectivity index (χ0) is 15.4. The minimum Gasteiger partial charge on any atom is -0.491 e. The summed E-state index contributed by atoms with van der Waals surface area (Å²) in [6.45, 7) is 6.10. The van der Waals surface area contributed by atoms with Crippen molar-refractivity contribution in [3.05, 3.63) is 63.6 Å². The van der Waals surface area contributed by atoms with Crippen molar-refractivity contribution in [2.24, 2.45) is 5.84 Å². The third-order valence-electron chi connectivity index (χ3n) is 3.15. The van der Waals surface area contributed by atoms with Crippen LogP contribution in [0.25, 0.3) is 0 Å². The van der Waals surface area contributed by atoms with Crippen molar-refractivity contribution >= 4 is 15.9 Å². The van der Waals surface area contributed by atoms with E-state index in [4.69, 9.17) is 10.6 Å². The average Bonchev–Trinajstić information content (AvgIpc) is 2.40. The van der Waals surface area contributed by atoms with E-state index in [0.29, 0.717) is 0 Å². The van der Waals surface area contributed by atoms with Crippen LogP contribution in [0.5, 0.6) is 5.75 Å². The standard InChI is InChI=1S/C17H21BrN2O/c1-11(2)21-16-6-4-13(5-7-16)17(20-19)14-8-12(3)9-15(18)10-14/h4-11,17,20H,19H2,1-3H3. The second-order valence-corrected chi connectivity index (χ2v) is 6.31. The molecule has 0 aliphatic heterocycles. The number of halogens is 1. The van der Waals surface area contributed by atoms with Gasteiger partial charge in [0.15, 0.2) is 0 Å². The fourth-order valence-corrected chi connectivity index (χ4v) is 2.95. The molecule has 1 unspecified atom stereocenters. The predicted octanol–water partition coefficient (Wildman–Crippen LogP) is 4.10. The number of rotatable bonds is 5. The van der Waals surface area contributed by atoms with Gasteiger partial charge in [-0.25, -0.2) is 5.43 Å². The zero-order valence-corrected chi connectivity index (χ0v) is 14.1. The number of hydrazine groups is 1. The molecule has 0 aliphatic rings. The fraction of sp³-hybridized carbons (Fsp3) is 0.294. The van der Waals surface area contributed by atoms with Gasteiger partial charge in [0, 0.05) is 4.47 Å². The summed E-state index contributed by atoms with van der Waals surface area (Å²) in [7, 11) is 0. The van der Waals surface area contributed by atoms with Gasteiger partial charge >= 0.3 is 0 Å². The molecule has 2 rings (SSSR count). The Morgan fingerprint density at radius 2 is 1.71 bits per heavy atom. The minimum absolute atomic E-state index is 0.0469. The van der Waals surface area contributed by atoms with Crippen LogP contribution in [0.15, 0.2) is 46.9 Å². The van der Waals surface area contributed by atoms with Crippen LogP contribution in [-0.4, -0.2) is 6.10 Å². The van der Waals surface area contributed by atoms with Gasteiger partial charge in [0.1, 0.15) is 5.75 Å². The number of benzene rings is 2. The first kappa shape index (κ1) is 16.0. The van der Waals surface area contributed by atoms with E-state index in [1.165, 1.54) is 5.56 Å². The molecular formula is C17H21BrN2O. The number of aryl methyl sites for hydroxylation is 1. The molecule has 0 saturated heterocycles. The lowest BCUT2D eigenvalue weighted by atomic mass is 9.98. The Labute approximate surface area is 134 Å². The fourth-order valence-electron chi connectivity index (χ4n) is 2.33. The summed E-state index contributed by atoms with van der Waals surface area (Å²) in [6, 6.07) is 14.3. The van der Waals surface area contributed by atoms with Gasteiger partial charge in [0.25, 0.3) is 0 Å². The zero-order valence-electron chi connectivity index (χ0n) is 12.6. The van der Waals surface area contributed by atoms with Gasteiger partial charge in [-0.2, -0.15) is 0 Å². The van der Waals surface area contributed by atoms with E-state index >= 15 is 0 Å². The molecule has 0 saturated carbocycles. The van der Waals surface area contributed by atoms with Crippen LogP contribution in [0, 0.1) is 6.92 Å². The van der Waals surface area contributed by atoms with Crippen molar-refractivity contribution in [3.8, 4) is 5.75 Å². The molecule has 0 bridgehead atoms. The van der Waals surface area contributed by atoms with E-state index in [1.807, 2.05) is 38.1 Å². The van der Waals surface area contributed by atoms with E-state index in [-0.39, 0.29) is 12.1 Å². The minimum atomic E-state index is -0.0469. The Kier molecular flexibility index (Phi) is 5.39. The average molecular weight is 349 g/mol. The summed E-state index contributed by atoms with van der Waals surface area (Å²) in [4.78, 5) is 0. The smallest absolute Gasteiger partial charge is 0.119 e. The Morgan fingerprint density at radius 3 is 2.24 bits per heavy atom. The third-order valence-corrected chi connectivity index (χ3v) is 3.61. The number of hydrogen-bond donors (Lipinski definition) is 2. The van der Waals surface area contributed by atoms with E-state index in [0.717, 1.165) is 21.3 Å². The maximum atomic E-state index is 5.76. The molecule has 21 heavy (non-hydrogen) atoms. The second-order valence-electron chi connectivity index (χ2n) is 5.40. The Bertz CT molecular complexity index is 576. The quantitative estimate of drug-likeness (QED) is 0.631. The maximum Gasteiger partial charge on any atom is 0.119 e.